The first-order valence-corrected chi connectivity index (χ1v) is 9.93. The van der Waals surface area contributed by atoms with E-state index in [9.17, 15) is 8.42 Å². The van der Waals surface area contributed by atoms with Gasteiger partial charge in [0.25, 0.3) is 0 Å². The first-order chi connectivity index (χ1) is 9.95. The van der Waals surface area contributed by atoms with E-state index in [0.717, 1.165) is 25.7 Å². The zero-order chi connectivity index (χ0) is 15.5. The van der Waals surface area contributed by atoms with Crippen molar-refractivity contribution in [2.45, 2.75) is 41.9 Å². The number of thiocarbonyl (C=S) groups is 1. The lowest BCUT2D eigenvalue weighted by molar-refractivity contribution is 0.423. The van der Waals surface area contributed by atoms with Gasteiger partial charge >= 0.3 is 0 Å². The van der Waals surface area contributed by atoms with Gasteiger partial charge in [0.1, 0.15) is 15.6 Å². The Morgan fingerprint density at radius 2 is 2.19 bits per heavy atom. The van der Waals surface area contributed by atoms with Crippen molar-refractivity contribution < 1.29 is 8.42 Å². The summed E-state index contributed by atoms with van der Waals surface area (Å²) in [6.07, 6.45) is 7.58. The molecule has 1 aliphatic carbocycles. The first-order valence-electron chi connectivity index (χ1n) is 6.75. The molecule has 2 atom stereocenters. The standard InChI is InChI=1S/C13H19N3O2S3/c1-20-10-6-3-2-5-9(10)16-21(17,18)11-7-4-8-15-12(11)13(14)19/h4,7-10,16H,2-3,5-6H2,1H3,(H2,14,19). The van der Waals surface area contributed by atoms with Crippen LogP contribution in [-0.4, -0.2) is 35.9 Å². The third-order valence-electron chi connectivity index (χ3n) is 3.61. The maximum absolute atomic E-state index is 12.6. The molecule has 1 fully saturated rings. The molecule has 1 heterocycles. The molecule has 5 nitrogen and oxygen atoms in total. The maximum Gasteiger partial charge on any atom is 0.243 e. The Morgan fingerprint density at radius 1 is 1.48 bits per heavy atom. The Hall–Kier alpha value is -0.700. The molecule has 0 spiro atoms. The Kier molecular flexibility index (Phi) is 5.59. The summed E-state index contributed by atoms with van der Waals surface area (Å²) in [6, 6.07) is 3.00. The van der Waals surface area contributed by atoms with Crippen LogP contribution in [-0.2, 0) is 10.0 Å². The molecule has 0 radical (unpaired) electrons. The summed E-state index contributed by atoms with van der Waals surface area (Å²) in [5.41, 5.74) is 5.72. The highest BCUT2D eigenvalue weighted by Crippen LogP contribution is 2.28. The van der Waals surface area contributed by atoms with Crippen molar-refractivity contribution >= 4 is 39.0 Å². The van der Waals surface area contributed by atoms with E-state index in [4.69, 9.17) is 18.0 Å². The molecule has 3 N–H and O–H groups in total. The number of hydrogen-bond donors (Lipinski definition) is 2. The molecule has 21 heavy (non-hydrogen) atoms. The van der Waals surface area contributed by atoms with Crippen molar-refractivity contribution in [3.05, 3.63) is 24.0 Å². The van der Waals surface area contributed by atoms with E-state index >= 15 is 0 Å². The molecule has 0 aliphatic heterocycles. The topological polar surface area (TPSA) is 85.1 Å². The minimum Gasteiger partial charge on any atom is -0.388 e. The number of nitrogens with two attached hydrogens (primary N) is 1. The number of nitrogens with zero attached hydrogens (tertiary/aromatic N) is 1. The molecular formula is C13H19N3O2S3. The molecule has 116 valence electrons. The Bertz CT molecular complexity index is 619. The molecule has 0 saturated heterocycles. The normalized spacial score (nSPS) is 22.9. The molecule has 1 aromatic rings. The van der Waals surface area contributed by atoms with Gasteiger partial charge in [-0.25, -0.2) is 13.1 Å². The second-order valence-electron chi connectivity index (χ2n) is 5.00. The van der Waals surface area contributed by atoms with Crippen LogP contribution in [0.25, 0.3) is 0 Å². The van der Waals surface area contributed by atoms with Crippen LogP contribution in [0.2, 0.25) is 0 Å². The third kappa shape index (κ3) is 3.94. The summed E-state index contributed by atoms with van der Waals surface area (Å²) in [6.45, 7) is 0. The zero-order valence-corrected chi connectivity index (χ0v) is 14.2. The van der Waals surface area contributed by atoms with Crippen LogP contribution in [0.4, 0.5) is 0 Å². The van der Waals surface area contributed by atoms with Gasteiger partial charge in [0.15, 0.2) is 0 Å². The largest absolute Gasteiger partial charge is 0.388 e. The summed E-state index contributed by atoms with van der Waals surface area (Å²) in [5, 5.41) is 0.304. The van der Waals surface area contributed by atoms with Crippen molar-refractivity contribution in [2.24, 2.45) is 5.73 Å². The van der Waals surface area contributed by atoms with Gasteiger partial charge in [-0.3, -0.25) is 4.98 Å². The van der Waals surface area contributed by atoms with Gasteiger partial charge in [-0.2, -0.15) is 11.8 Å². The van der Waals surface area contributed by atoms with Crippen LogP contribution in [0.15, 0.2) is 23.2 Å². The number of aromatic nitrogens is 1. The number of sulfonamides is 1. The summed E-state index contributed by atoms with van der Waals surface area (Å²) in [5.74, 6) is 0. The lowest BCUT2D eigenvalue weighted by Crippen LogP contribution is -2.44. The zero-order valence-electron chi connectivity index (χ0n) is 11.8. The summed E-state index contributed by atoms with van der Waals surface area (Å²) < 4.78 is 28.0. The molecule has 8 heteroatoms. The van der Waals surface area contributed by atoms with Crippen LogP contribution in [0, 0.1) is 0 Å². The number of nitrogens with one attached hydrogen (secondary N) is 1. The van der Waals surface area contributed by atoms with Crippen molar-refractivity contribution in [3.8, 4) is 0 Å². The number of thioether (sulfide) groups is 1. The van der Waals surface area contributed by atoms with Crippen LogP contribution in [0.3, 0.4) is 0 Å². The second kappa shape index (κ2) is 7.04. The van der Waals surface area contributed by atoms with E-state index in [1.54, 1.807) is 17.8 Å². The monoisotopic (exact) mass is 345 g/mol. The average molecular weight is 346 g/mol. The lowest BCUT2D eigenvalue weighted by Gasteiger charge is -2.30. The van der Waals surface area contributed by atoms with Gasteiger partial charge in [-0.05, 0) is 31.2 Å². The van der Waals surface area contributed by atoms with Gasteiger partial charge in [-0.1, -0.05) is 25.1 Å². The molecule has 0 amide bonds. The Labute approximate surface area is 135 Å². The van der Waals surface area contributed by atoms with Gasteiger partial charge in [0.05, 0.1) is 0 Å². The van der Waals surface area contributed by atoms with E-state index in [2.05, 4.69) is 9.71 Å². The third-order valence-corrected chi connectivity index (χ3v) is 6.49. The predicted molar refractivity (Wildman–Crippen MR) is 90.0 cm³/mol. The van der Waals surface area contributed by atoms with Crippen LogP contribution in [0.1, 0.15) is 31.4 Å². The average Bonchev–Trinajstić information content (AvgIpc) is 2.47. The molecule has 1 saturated carbocycles. The SMILES string of the molecule is CSC1CCCCC1NS(=O)(=O)c1cccnc1C(N)=S. The second-order valence-corrected chi connectivity index (χ2v) is 8.20. The molecule has 1 aliphatic rings. The predicted octanol–water partition coefficient (Wildman–Crippen LogP) is 1.67. The fraction of sp³-hybridized carbons (Fsp3) is 0.538. The molecule has 1 aromatic heterocycles. The van der Waals surface area contributed by atoms with Gasteiger partial charge in [0.2, 0.25) is 10.0 Å². The highest BCUT2D eigenvalue weighted by molar-refractivity contribution is 7.99. The quantitative estimate of drug-likeness (QED) is 0.790. The van der Waals surface area contributed by atoms with Crippen molar-refractivity contribution in [2.75, 3.05) is 6.26 Å². The van der Waals surface area contributed by atoms with Crippen molar-refractivity contribution in [1.82, 2.24) is 9.71 Å². The summed E-state index contributed by atoms with van der Waals surface area (Å²) >= 11 is 6.59. The van der Waals surface area contributed by atoms with Crippen molar-refractivity contribution in [1.29, 1.82) is 0 Å². The van der Waals surface area contributed by atoms with Gasteiger partial charge in [-0.15, -0.1) is 0 Å². The van der Waals surface area contributed by atoms with Gasteiger partial charge < -0.3 is 5.73 Å². The fourth-order valence-electron chi connectivity index (χ4n) is 2.57. The highest BCUT2D eigenvalue weighted by Gasteiger charge is 2.30. The molecule has 2 unspecified atom stereocenters. The minimum atomic E-state index is -3.67. The first kappa shape index (κ1) is 16.7. The van der Waals surface area contributed by atoms with E-state index in [1.807, 2.05) is 6.26 Å². The maximum atomic E-state index is 12.6. The summed E-state index contributed by atoms with van der Waals surface area (Å²) in [4.78, 5) is 4.03. The van der Waals surface area contributed by atoms with Crippen LogP contribution >= 0.6 is 24.0 Å². The van der Waals surface area contributed by atoms with E-state index < -0.39 is 10.0 Å². The number of hydrogen-bond acceptors (Lipinski definition) is 5. The Morgan fingerprint density at radius 3 is 2.86 bits per heavy atom. The molecule has 0 bridgehead atoms. The molecular weight excluding hydrogens is 326 g/mol. The minimum absolute atomic E-state index is 0.0129. The number of rotatable bonds is 5. The van der Waals surface area contributed by atoms with Gasteiger partial charge in [0, 0.05) is 17.5 Å². The van der Waals surface area contributed by atoms with E-state index in [1.165, 1.54) is 12.3 Å². The van der Waals surface area contributed by atoms with E-state index in [-0.39, 0.29) is 21.6 Å². The van der Waals surface area contributed by atoms with Crippen molar-refractivity contribution in [3.63, 3.8) is 0 Å². The fourth-order valence-corrected chi connectivity index (χ4v) is 5.30. The summed E-state index contributed by atoms with van der Waals surface area (Å²) in [7, 11) is -3.67. The smallest absolute Gasteiger partial charge is 0.243 e. The Balaban J connectivity index is 2.28. The number of pyridine rings is 1. The molecule has 0 aromatic carbocycles. The molecule has 2 rings (SSSR count). The van der Waals surface area contributed by atoms with Crippen LogP contribution < -0.4 is 10.5 Å². The highest BCUT2D eigenvalue weighted by atomic mass is 32.2. The van der Waals surface area contributed by atoms with E-state index in [0.29, 0.717) is 5.25 Å². The van der Waals surface area contributed by atoms with Crippen LogP contribution in [0.5, 0.6) is 0 Å². The lowest BCUT2D eigenvalue weighted by atomic mass is 9.96.